The maximum atomic E-state index is 4.18. The summed E-state index contributed by atoms with van der Waals surface area (Å²) in [6.45, 7) is 0. The summed E-state index contributed by atoms with van der Waals surface area (Å²) >= 11 is 3.27. The summed E-state index contributed by atoms with van der Waals surface area (Å²) in [5.74, 6) is 0.757. The highest BCUT2D eigenvalue weighted by Gasteiger charge is 2.08. The summed E-state index contributed by atoms with van der Waals surface area (Å²) in [7, 11) is 1.88. The third-order valence-electron chi connectivity index (χ3n) is 1.72. The number of rotatable bonds is 1. The van der Waals surface area contributed by atoms with Gasteiger partial charge in [0.15, 0.2) is 10.6 Å². The molecule has 13 heavy (non-hydrogen) atoms. The molecule has 2 heterocycles. The quantitative estimate of drug-likeness (QED) is 0.759. The first-order valence-corrected chi connectivity index (χ1v) is 4.54. The van der Waals surface area contributed by atoms with Crippen LogP contribution in [0.3, 0.4) is 0 Å². The van der Waals surface area contributed by atoms with Crippen LogP contribution in [0.25, 0.3) is 11.5 Å². The van der Waals surface area contributed by atoms with E-state index < -0.39 is 0 Å². The molecule has 2 aromatic heterocycles. The van der Waals surface area contributed by atoms with Crippen LogP contribution in [0.2, 0.25) is 0 Å². The molecule has 0 atom stereocenters. The lowest BCUT2D eigenvalue weighted by molar-refractivity contribution is 0.884. The topological polar surface area (TPSA) is 43.6 Å². The van der Waals surface area contributed by atoms with E-state index in [1.54, 1.807) is 6.20 Å². The lowest BCUT2D eigenvalue weighted by Gasteiger charge is -1.98. The fourth-order valence-corrected chi connectivity index (χ4v) is 1.28. The first-order valence-electron chi connectivity index (χ1n) is 3.75. The minimum atomic E-state index is 0.702. The molecule has 0 N–H and O–H groups in total. The normalized spacial score (nSPS) is 10.3. The van der Waals surface area contributed by atoms with E-state index >= 15 is 0 Å². The van der Waals surface area contributed by atoms with Crippen molar-refractivity contribution in [2.75, 3.05) is 0 Å². The van der Waals surface area contributed by atoms with Crippen LogP contribution < -0.4 is 0 Å². The molecular formula is C8H7BrN4. The zero-order chi connectivity index (χ0) is 9.26. The van der Waals surface area contributed by atoms with Crippen LogP contribution in [0, 0.1) is 0 Å². The second-order valence-electron chi connectivity index (χ2n) is 2.57. The smallest absolute Gasteiger partial charge is 0.200 e. The fourth-order valence-electron chi connectivity index (χ4n) is 1.03. The van der Waals surface area contributed by atoms with Crippen molar-refractivity contribution in [1.82, 2.24) is 19.7 Å². The van der Waals surface area contributed by atoms with E-state index in [0.717, 1.165) is 11.5 Å². The van der Waals surface area contributed by atoms with E-state index in [1.165, 1.54) is 0 Å². The molecule has 5 heteroatoms. The van der Waals surface area contributed by atoms with Crippen molar-refractivity contribution >= 4 is 15.9 Å². The first kappa shape index (κ1) is 8.37. The molecule has 0 aliphatic carbocycles. The lowest BCUT2D eigenvalue weighted by Crippen LogP contribution is -1.94. The van der Waals surface area contributed by atoms with Gasteiger partial charge in [-0.1, -0.05) is 6.07 Å². The van der Waals surface area contributed by atoms with Crippen LogP contribution in [0.15, 0.2) is 29.1 Å². The maximum absolute atomic E-state index is 4.18. The van der Waals surface area contributed by atoms with Gasteiger partial charge < -0.3 is 4.57 Å². The van der Waals surface area contributed by atoms with Crippen LogP contribution in [-0.2, 0) is 7.05 Å². The van der Waals surface area contributed by atoms with Gasteiger partial charge in [-0.15, -0.1) is 10.2 Å². The second kappa shape index (κ2) is 3.26. The molecule has 0 fully saturated rings. The Hall–Kier alpha value is -1.23. The van der Waals surface area contributed by atoms with Gasteiger partial charge in [0, 0.05) is 13.2 Å². The largest absolute Gasteiger partial charge is 0.303 e. The Labute approximate surface area is 83.8 Å². The third kappa shape index (κ3) is 1.47. The molecule has 2 aromatic rings. The Kier molecular flexibility index (Phi) is 2.10. The molecule has 66 valence electrons. The van der Waals surface area contributed by atoms with Gasteiger partial charge in [0.05, 0.1) is 0 Å². The van der Waals surface area contributed by atoms with E-state index in [4.69, 9.17) is 0 Å². The van der Waals surface area contributed by atoms with E-state index in [-0.39, 0.29) is 0 Å². The molecule has 0 aliphatic rings. The molecule has 0 aromatic carbocycles. The molecule has 0 saturated heterocycles. The summed E-state index contributed by atoms with van der Waals surface area (Å²) in [5.41, 5.74) is 0.822. The monoisotopic (exact) mass is 238 g/mol. The standard InChI is InChI=1S/C8H7BrN4/c1-13-7(11-12-8(13)9)6-4-2-3-5-10-6/h2-5H,1H3. The van der Waals surface area contributed by atoms with Gasteiger partial charge in [-0.05, 0) is 28.1 Å². The molecule has 0 radical (unpaired) electrons. The Morgan fingerprint density at radius 1 is 1.31 bits per heavy atom. The van der Waals surface area contributed by atoms with Gasteiger partial charge in [0.25, 0.3) is 0 Å². The highest BCUT2D eigenvalue weighted by atomic mass is 79.9. The fraction of sp³-hybridized carbons (Fsp3) is 0.125. The Balaban J connectivity index is 2.53. The number of pyridine rings is 1. The van der Waals surface area contributed by atoms with E-state index in [9.17, 15) is 0 Å². The highest BCUT2D eigenvalue weighted by Crippen LogP contribution is 2.16. The highest BCUT2D eigenvalue weighted by molar-refractivity contribution is 9.10. The van der Waals surface area contributed by atoms with E-state index in [1.807, 2.05) is 29.8 Å². The van der Waals surface area contributed by atoms with Crippen molar-refractivity contribution in [1.29, 1.82) is 0 Å². The number of hydrogen-bond acceptors (Lipinski definition) is 3. The van der Waals surface area contributed by atoms with Crippen molar-refractivity contribution < 1.29 is 0 Å². The second-order valence-corrected chi connectivity index (χ2v) is 3.28. The predicted molar refractivity (Wildman–Crippen MR) is 51.9 cm³/mol. The number of nitrogens with zero attached hydrogens (tertiary/aromatic N) is 4. The third-order valence-corrected chi connectivity index (χ3v) is 2.41. The van der Waals surface area contributed by atoms with E-state index in [2.05, 4.69) is 31.1 Å². The van der Waals surface area contributed by atoms with Crippen LogP contribution in [0.5, 0.6) is 0 Å². The average Bonchev–Trinajstić information content (AvgIpc) is 2.49. The molecule has 0 unspecified atom stereocenters. The average molecular weight is 239 g/mol. The number of aromatic nitrogens is 4. The molecule has 0 amide bonds. The van der Waals surface area contributed by atoms with Gasteiger partial charge in [0.2, 0.25) is 0 Å². The Morgan fingerprint density at radius 3 is 2.69 bits per heavy atom. The molecule has 2 rings (SSSR count). The minimum Gasteiger partial charge on any atom is -0.303 e. The summed E-state index contributed by atoms with van der Waals surface area (Å²) < 4.78 is 2.54. The molecule has 4 nitrogen and oxygen atoms in total. The van der Waals surface area contributed by atoms with Gasteiger partial charge in [-0.3, -0.25) is 4.98 Å². The summed E-state index contributed by atoms with van der Waals surface area (Å²) in [6.07, 6.45) is 1.73. The lowest BCUT2D eigenvalue weighted by atomic mass is 10.3. The Morgan fingerprint density at radius 2 is 2.15 bits per heavy atom. The SMILES string of the molecule is Cn1c(Br)nnc1-c1ccccn1. The van der Waals surface area contributed by atoms with Crippen LogP contribution in [0.4, 0.5) is 0 Å². The zero-order valence-corrected chi connectivity index (χ0v) is 8.56. The van der Waals surface area contributed by atoms with Gasteiger partial charge in [0.1, 0.15) is 5.69 Å². The summed E-state index contributed by atoms with van der Waals surface area (Å²) in [4.78, 5) is 4.18. The zero-order valence-electron chi connectivity index (χ0n) is 6.98. The summed E-state index contributed by atoms with van der Waals surface area (Å²) in [6, 6.07) is 5.69. The molecule has 0 spiro atoms. The van der Waals surface area contributed by atoms with Crippen molar-refractivity contribution in [2.45, 2.75) is 0 Å². The predicted octanol–water partition coefficient (Wildman–Crippen LogP) is 1.64. The first-order chi connectivity index (χ1) is 6.29. The summed E-state index contributed by atoms with van der Waals surface area (Å²) in [5, 5.41) is 7.87. The van der Waals surface area contributed by atoms with E-state index in [0.29, 0.717) is 4.73 Å². The molecular weight excluding hydrogens is 232 g/mol. The van der Waals surface area contributed by atoms with Crippen molar-refractivity contribution in [2.24, 2.45) is 7.05 Å². The maximum Gasteiger partial charge on any atom is 0.200 e. The molecule has 0 saturated carbocycles. The van der Waals surface area contributed by atoms with Crippen LogP contribution >= 0.6 is 15.9 Å². The van der Waals surface area contributed by atoms with Crippen molar-refractivity contribution in [3.8, 4) is 11.5 Å². The molecule has 0 bridgehead atoms. The number of hydrogen-bond donors (Lipinski definition) is 0. The van der Waals surface area contributed by atoms with Gasteiger partial charge in [-0.2, -0.15) is 0 Å². The van der Waals surface area contributed by atoms with Gasteiger partial charge in [-0.25, -0.2) is 0 Å². The minimum absolute atomic E-state index is 0.702. The van der Waals surface area contributed by atoms with Crippen LogP contribution in [-0.4, -0.2) is 19.7 Å². The number of halogens is 1. The van der Waals surface area contributed by atoms with Crippen molar-refractivity contribution in [3.63, 3.8) is 0 Å². The van der Waals surface area contributed by atoms with Crippen molar-refractivity contribution in [3.05, 3.63) is 29.1 Å². The Bertz CT molecular complexity index is 409. The molecule has 0 aliphatic heterocycles. The van der Waals surface area contributed by atoms with Gasteiger partial charge >= 0.3 is 0 Å². The van der Waals surface area contributed by atoms with Crippen LogP contribution in [0.1, 0.15) is 0 Å².